The van der Waals surface area contributed by atoms with Crippen LogP contribution in [0.5, 0.6) is 0 Å². The third kappa shape index (κ3) is 5.61. The first-order valence-electron chi connectivity index (χ1n) is 9.04. The van der Waals surface area contributed by atoms with E-state index in [9.17, 15) is 18.0 Å². The van der Waals surface area contributed by atoms with E-state index < -0.39 is 17.8 Å². The van der Waals surface area contributed by atoms with Gasteiger partial charge in [0.1, 0.15) is 0 Å². The van der Waals surface area contributed by atoms with Crippen molar-refractivity contribution in [2.75, 3.05) is 5.32 Å². The van der Waals surface area contributed by atoms with Crippen LogP contribution in [0.2, 0.25) is 10.0 Å². The Bertz CT molecular complexity index is 1130. The van der Waals surface area contributed by atoms with Gasteiger partial charge in [-0.15, -0.1) is 0 Å². The summed E-state index contributed by atoms with van der Waals surface area (Å²) in [7, 11) is 0. The van der Waals surface area contributed by atoms with Gasteiger partial charge < -0.3 is 5.32 Å². The highest BCUT2D eigenvalue weighted by Crippen LogP contribution is 2.35. The number of carbonyl (C=O) groups is 1. The number of nitrogens with one attached hydrogen (secondary N) is 1. The van der Waals surface area contributed by atoms with Crippen LogP contribution in [0.15, 0.2) is 28.7 Å². The van der Waals surface area contributed by atoms with E-state index in [1.807, 2.05) is 13.0 Å². The highest BCUT2D eigenvalue weighted by molar-refractivity contribution is 9.10. The second kappa shape index (κ2) is 9.22. The number of hydrogen-bond donors (Lipinski definition) is 1. The molecule has 31 heavy (non-hydrogen) atoms. The molecule has 3 aromatic rings. The number of carbonyl (C=O) groups excluding carboxylic acids is 1. The Kier molecular flexibility index (Phi) is 7.02. The summed E-state index contributed by atoms with van der Waals surface area (Å²) in [4.78, 5) is 12.3. The Hall–Kier alpha value is -2.04. The van der Waals surface area contributed by atoms with Gasteiger partial charge in [0, 0.05) is 18.2 Å². The zero-order chi connectivity index (χ0) is 22.9. The minimum atomic E-state index is -4.57. The molecule has 12 heteroatoms. The molecule has 6 nitrogen and oxygen atoms in total. The molecular weight excluding hydrogens is 522 g/mol. The maximum Gasteiger partial charge on any atom is 0.436 e. The zero-order valence-corrected chi connectivity index (χ0v) is 19.5. The van der Waals surface area contributed by atoms with E-state index in [1.54, 1.807) is 22.9 Å². The average molecular weight is 539 g/mol. The third-order valence-electron chi connectivity index (χ3n) is 4.52. The molecule has 0 bridgehead atoms. The molecule has 3 rings (SSSR count). The number of rotatable bonds is 6. The van der Waals surface area contributed by atoms with Crippen molar-refractivity contribution in [3.8, 4) is 0 Å². The first-order valence-corrected chi connectivity index (χ1v) is 10.6. The smallest absolute Gasteiger partial charge is 0.309 e. The molecule has 2 heterocycles. The van der Waals surface area contributed by atoms with Crippen molar-refractivity contribution >= 4 is 50.9 Å². The normalized spacial score (nSPS) is 11.7. The highest BCUT2D eigenvalue weighted by Gasteiger charge is 2.37. The Morgan fingerprint density at radius 1 is 1.13 bits per heavy atom. The van der Waals surface area contributed by atoms with Crippen LogP contribution in [0.4, 0.5) is 19.0 Å². The molecule has 1 amide bonds. The number of alkyl halides is 3. The number of aromatic nitrogens is 4. The maximum atomic E-state index is 13.0. The molecule has 2 aromatic heterocycles. The van der Waals surface area contributed by atoms with Crippen LogP contribution in [0.3, 0.4) is 0 Å². The molecule has 1 N–H and O–H groups in total. The van der Waals surface area contributed by atoms with E-state index in [-0.39, 0.29) is 17.4 Å². The third-order valence-corrected chi connectivity index (χ3v) is 6.21. The zero-order valence-electron chi connectivity index (χ0n) is 16.4. The molecule has 0 saturated heterocycles. The summed E-state index contributed by atoms with van der Waals surface area (Å²) in [5.74, 6) is -0.0457. The summed E-state index contributed by atoms with van der Waals surface area (Å²) in [5, 5.41) is 11.5. The van der Waals surface area contributed by atoms with E-state index in [0.29, 0.717) is 28.1 Å². The van der Waals surface area contributed by atoms with Gasteiger partial charge in [-0.2, -0.15) is 23.4 Å². The standard InChI is InChI=1S/C19H17BrCl2F3N5O/c1-10-7-15(27-30(10)9-12-3-4-13(21)14(22)8-12)26-16(31)5-6-29-11(2)17(20)18(28-29)19(23,24)25/h3-4,7-8H,5-6,9H2,1-2H3,(H,26,27,31). The number of nitrogens with zero attached hydrogens (tertiary/aromatic N) is 4. The fourth-order valence-electron chi connectivity index (χ4n) is 2.88. The molecule has 166 valence electrons. The van der Waals surface area contributed by atoms with Crippen LogP contribution < -0.4 is 5.32 Å². The Morgan fingerprint density at radius 2 is 1.84 bits per heavy atom. The van der Waals surface area contributed by atoms with Crippen LogP contribution in [0.25, 0.3) is 0 Å². The average Bonchev–Trinajstić information content (AvgIpc) is 3.16. The topological polar surface area (TPSA) is 64.7 Å². The molecule has 0 saturated carbocycles. The summed E-state index contributed by atoms with van der Waals surface area (Å²) in [6, 6.07) is 6.96. The van der Waals surface area contributed by atoms with Crippen molar-refractivity contribution in [3.63, 3.8) is 0 Å². The van der Waals surface area contributed by atoms with Crippen molar-refractivity contribution in [1.29, 1.82) is 0 Å². The van der Waals surface area contributed by atoms with Crippen molar-refractivity contribution < 1.29 is 18.0 Å². The highest BCUT2D eigenvalue weighted by atomic mass is 79.9. The van der Waals surface area contributed by atoms with E-state index in [4.69, 9.17) is 23.2 Å². The molecule has 0 fully saturated rings. The SMILES string of the molecule is Cc1cc(NC(=O)CCn2nc(C(F)(F)F)c(Br)c2C)nn1Cc1ccc(Cl)c(Cl)c1. The van der Waals surface area contributed by atoms with E-state index in [2.05, 4.69) is 31.4 Å². The molecule has 0 atom stereocenters. The first kappa shape index (κ1) is 23.6. The fraction of sp³-hybridized carbons (Fsp3) is 0.316. The monoisotopic (exact) mass is 537 g/mol. The van der Waals surface area contributed by atoms with Gasteiger partial charge in [-0.25, -0.2) is 0 Å². The molecule has 0 aliphatic heterocycles. The summed E-state index contributed by atoms with van der Waals surface area (Å²) in [6.45, 7) is 3.76. The predicted molar refractivity (Wildman–Crippen MR) is 115 cm³/mol. The summed E-state index contributed by atoms with van der Waals surface area (Å²) >= 11 is 14.9. The Balaban J connectivity index is 1.63. The first-order chi connectivity index (χ1) is 14.5. The molecule has 0 spiro atoms. The van der Waals surface area contributed by atoms with Crippen molar-refractivity contribution in [3.05, 3.63) is 61.4 Å². The fourth-order valence-corrected chi connectivity index (χ4v) is 3.71. The second-order valence-corrected chi connectivity index (χ2v) is 8.45. The van der Waals surface area contributed by atoms with Crippen LogP contribution in [-0.4, -0.2) is 25.5 Å². The van der Waals surface area contributed by atoms with Crippen LogP contribution in [-0.2, 0) is 24.1 Å². The van der Waals surface area contributed by atoms with Gasteiger partial charge in [0.15, 0.2) is 11.5 Å². The summed E-state index contributed by atoms with van der Waals surface area (Å²) in [6.07, 6.45) is -4.64. The lowest BCUT2D eigenvalue weighted by molar-refractivity contribution is -0.142. The van der Waals surface area contributed by atoms with Gasteiger partial charge in [-0.3, -0.25) is 14.2 Å². The number of halogens is 6. The number of anilines is 1. The predicted octanol–water partition coefficient (Wildman–Crippen LogP) is 5.86. The summed E-state index contributed by atoms with van der Waals surface area (Å²) in [5.41, 5.74) is 0.977. The molecule has 0 aliphatic rings. The van der Waals surface area contributed by atoms with Crippen molar-refractivity contribution in [1.82, 2.24) is 19.6 Å². The maximum absolute atomic E-state index is 13.0. The Morgan fingerprint density at radius 3 is 2.45 bits per heavy atom. The van der Waals surface area contributed by atoms with Crippen LogP contribution in [0.1, 0.15) is 29.1 Å². The summed E-state index contributed by atoms with van der Waals surface area (Å²) < 4.78 is 41.6. The van der Waals surface area contributed by atoms with E-state index in [1.165, 1.54) is 6.92 Å². The quantitative estimate of drug-likeness (QED) is 0.427. The number of hydrogen-bond acceptors (Lipinski definition) is 3. The molecule has 0 aliphatic carbocycles. The van der Waals surface area contributed by atoms with Gasteiger partial charge in [-0.1, -0.05) is 29.3 Å². The number of amides is 1. The van der Waals surface area contributed by atoms with Crippen LogP contribution >= 0.6 is 39.1 Å². The van der Waals surface area contributed by atoms with Gasteiger partial charge in [0.25, 0.3) is 0 Å². The number of benzene rings is 1. The van der Waals surface area contributed by atoms with Crippen molar-refractivity contribution in [2.45, 2.75) is 39.5 Å². The lowest BCUT2D eigenvalue weighted by Gasteiger charge is -2.06. The van der Waals surface area contributed by atoms with E-state index >= 15 is 0 Å². The molecule has 0 radical (unpaired) electrons. The van der Waals surface area contributed by atoms with Crippen LogP contribution in [0, 0.1) is 13.8 Å². The van der Waals surface area contributed by atoms with Gasteiger partial charge in [0.05, 0.1) is 33.3 Å². The van der Waals surface area contributed by atoms with Gasteiger partial charge in [-0.05, 0) is 47.5 Å². The van der Waals surface area contributed by atoms with Gasteiger partial charge >= 0.3 is 6.18 Å². The lowest BCUT2D eigenvalue weighted by Crippen LogP contribution is -2.16. The van der Waals surface area contributed by atoms with Crippen molar-refractivity contribution in [2.24, 2.45) is 0 Å². The lowest BCUT2D eigenvalue weighted by atomic mass is 10.2. The Labute approximate surface area is 194 Å². The minimum absolute atomic E-state index is 0.00465. The van der Waals surface area contributed by atoms with Gasteiger partial charge in [0.2, 0.25) is 5.91 Å². The second-order valence-electron chi connectivity index (χ2n) is 6.84. The molecule has 1 aromatic carbocycles. The largest absolute Gasteiger partial charge is 0.436 e. The number of aryl methyl sites for hydroxylation is 2. The minimum Gasteiger partial charge on any atom is -0.309 e. The molecular formula is C19H17BrCl2F3N5O. The molecule has 0 unspecified atom stereocenters. The van der Waals surface area contributed by atoms with E-state index in [0.717, 1.165) is 15.9 Å².